The van der Waals surface area contributed by atoms with E-state index in [4.69, 9.17) is 10.00 Å². The van der Waals surface area contributed by atoms with Crippen molar-refractivity contribution < 1.29 is 18.3 Å². The van der Waals surface area contributed by atoms with Gasteiger partial charge in [0.05, 0.1) is 17.7 Å². The van der Waals surface area contributed by atoms with Gasteiger partial charge in [-0.25, -0.2) is 13.6 Å². The summed E-state index contributed by atoms with van der Waals surface area (Å²) in [5.41, 5.74) is -0.408. The van der Waals surface area contributed by atoms with Crippen molar-refractivity contribution in [2.24, 2.45) is 0 Å². The Bertz CT molecular complexity index is 498. The van der Waals surface area contributed by atoms with Gasteiger partial charge in [0, 0.05) is 10.9 Å². The number of rotatable bonds is 4. The summed E-state index contributed by atoms with van der Waals surface area (Å²) in [5.74, 6) is -0.758. The molecule has 1 rings (SSSR count). The van der Waals surface area contributed by atoms with Crippen LogP contribution in [0, 0.1) is 11.3 Å². The van der Waals surface area contributed by atoms with Crippen LogP contribution in [-0.4, -0.2) is 12.6 Å². The molecule has 0 unspecified atom stereocenters. The van der Waals surface area contributed by atoms with Crippen molar-refractivity contribution in [3.8, 4) is 6.07 Å². The number of ether oxygens (including phenoxy) is 1. The summed E-state index contributed by atoms with van der Waals surface area (Å²) in [5, 5.41) is 9.26. The first kappa shape index (κ1) is 14.6. The van der Waals surface area contributed by atoms with E-state index in [2.05, 4.69) is 15.9 Å². The minimum absolute atomic E-state index is 0.0889. The minimum Gasteiger partial charge on any atom is -0.462 e. The number of halogens is 3. The fourth-order valence-electron chi connectivity index (χ4n) is 1.51. The van der Waals surface area contributed by atoms with E-state index in [1.54, 1.807) is 13.0 Å². The number of nitrogens with zero attached hydrogens (tertiary/aromatic N) is 1. The lowest BCUT2D eigenvalue weighted by Gasteiger charge is -2.12. The summed E-state index contributed by atoms with van der Waals surface area (Å²) in [7, 11) is 0. The zero-order valence-electron chi connectivity index (χ0n) is 9.54. The predicted molar refractivity (Wildman–Crippen MR) is 64.7 cm³/mol. The van der Waals surface area contributed by atoms with Gasteiger partial charge in [0.15, 0.2) is 0 Å². The SMILES string of the molecule is CCOC(=O)c1c(CBr)ccc(C(F)F)c1C#N. The molecule has 3 nitrogen and oxygen atoms in total. The average molecular weight is 318 g/mol. The van der Waals surface area contributed by atoms with Gasteiger partial charge in [0.25, 0.3) is 6.43 Å². The number of hydrogen-bond donors (Lipinski definition) is 0. The third-order valence-electron chi connectivity index (χ3n) is 2.29. The fourth-order valence-corrected chi connectivity index (χ4v) is 1.98. The Labute approximate surface area is 111 Å². The van der Waals surface area contributed by atoms with E-state index in [-0.39, 0.29) is 23.1 Å². The van der Waals surface area contributed by atoms with Crippen molar-refractivity contribution >= 4 is 21.9 Å². The molecule has 1 aromatic carbocycles. The van der Waals surface area contributed by atoms with Gasteiger partial charge in [0.2, 0.25) is 0 Å². The Morgan fingerprint density at radius 3 is 2.67 bits per heavy atom. The van der Waals surface area contributed by atoms with E-state index in [1.165, 1.54) is 6.07 Å². The van der Waals surface area contributed by atoms with Gasteiger partial charge in [-0.3, -0.25) is 0 Å². The number of hydrogen-bond acceptors (Lipinski definition) is 3. The highest BCUT2D eigenvalue weighted by Crippen LogP contribution is 2.28. The number of esters is 1. The van der Waals surface area contributed by atoms with E-state index in [0.717, 1.165) is 6.07 Å². The standard InChI is InChI=1S/C12H10BrF2NO2/c1-2-18-12(17)10-7(5-13)3-4-8(11(14)15)9(10)6-16/h3-4,11H,2,5H2,1H3. The smallest absolute Gasteiger partial charge is 0.339 e. The lowest BCUT2D eigenvalue weighted by atomic mass is 9.97. The van der Waals surface area contributed by atoms with Crippen LogP contribution in [0.3, 0.4) is 0 Å². The summed E-state index contributed by atoms with van der Waals surface area (Å²) in [6.07, 6.45) is -2.81. The van der Waals surface area contributed by atoms with E-state index < -0.39 is 18.0 Å². The summed E-state index contributed by atoms with van der Waals surface area (Å²) in [6.45, 7) is 1.72. The van der Waals surface area contributed by atoms with Crippen molar-refractivity contribution in [3.05, 3.63) is 34.4 Å². The molecule has 0 bridgehead atoms. The van der Waals surface area contributed by atoms with Gasteiger partial charge in [-0.1, -0.05) is 28.1 Å². The average Bonchev–Trinajstić information content (AvgIpc) is 2.36. The van der Waals surface area contributed by atoms with Crippen LogP contribution in [0.15, 0.2) is 12.1 Å². The molecule has 0 radical (unpaired) electrons. The van der Waals surface area contributed by atoms with E-state index in [1.807, 2.05) is 0 Å². The number of alkyl halides is 3. The first-order valence-corrected chi connectivity index (χ1v) is 6.26. The quantitative estimate of drug-likeness (QED) is 0.630. The number of carbonyl (C=O) groups excluding carboxylic acids is 1. The number of carbonyl (C=O) groups is 1. The van der Waals surface area contributed by atoms with Gasteiger partial charge < -0.3 is 4.74 Å². The molecule has 0 aliphatic rings. The third kappa shape index (κ3) is 2.85. The predicted octanol–water partition coefficient (Wildman–Crippen LogP) is 3.57. The monoisotopic (exact) mass is 317 g/mol. The molecular weight excluding hydrogens is 308 g/mol. The van der Waals surface area contributed by atoms with Crippen LogP contribution < -0.4 is 0 Å². The van der Waals surface area contributed by atoms with Crippen LogP contribution in [0.2, 0.25) is 0 Å². The molecule has 0 saturated heterocycles. The largest absolute Gasteiger partial charge is 0.462 e. The number of benzene rings is 1. The molecule has 0 atom stereocenters. The first-order chi connectivity index (χ1) is 8.56. The molecule has 6 heteroatoms. The molecule has 0 fully saturated rings. The lowest BCUT2D eigenvalue weighted by Crippen LogP contribution is -2.12. The summed E-state index contributed by atoms with van der Waals surface area (Å²) in [6, 6.07) is 4.21. The Balaban J connectivity index is 3.48. The van der Waals surface area contributed by atoms with E-state index >= 15 is 0 Å². The van der Waals surface area contributed by atoms with Crippen molar-refractivity contribution in [3.63, 3.8) is 0 Å². The summed E-state index contributed by atoms with van der Waals surface area (Å²) >= 11 is 3.15. The van der Waals surface area contributed by atoms with Gasteiger partial charge in [0.1, 0.15) is 6.07 Å². The molecule has 1 aromatic rings. The third-order valence-corrected chi connectivity index (χ3v) is 2.90. The number of nitriles is 1. The maximum absolute atomic E-state index is 12.8. The Hall–Kier alpha value is -1.48. The highest BCUT2D eigenvalue weighted by atomic mass is 79.9. The topological polar surface area (TPSA) is 50.1 Å². The van der Waals surface area contributed by atoms with Crippen molar-refractivity contribution in [1.29, 1.82) is 5.26 Å². The van der Waals surface area contributed by atoms with Crippen molar-refractivity contribution in [2.45, 2.75) is 18.7 Å². The fraction of sp³-hybridized carbons (Fsp3) is 0.333. The molecule has 0 heterocycles. The molecular formula is C12H10BrF2NO2. The second kappa shape index (κ2) is 6.45. The normalized spacial score (nSPS) is 10.2. The lowest BCUT2D eigenvalue weighted by molar-refractivity contribution is 0.0524. The Morgan fingerprint density at radius 1 is 1.56 bits per heavy atom. The molecule has 96 valence electrons. The summed E-state index contributed by atoms with van der Waals surface area (Å²) in [4.78, 5) is 11.7. The van der Waals surface area contributed by atoms with Crippen LogP contribution in [0.25, 0.3) is 0 Å². The maximum atomic E-state index is 12.8. The highest BCUT2D eigenvalue weighted by molar-refractivity contribution is 9.08. The van der Waals surface area contributed by atoms with Gasteiger partial charge >= 0.3 is 5.97 Å². The van der Waals surface area contributed by atoms with Gasteiger partial charge in [-0.2, -0.15) is 5.26 Å². The molecule has 0 saturated carbocycles. The Morgan fingerprint density at radius 2 is 2.22 bits per heavy atom. The van der Waals surface area contributed by atoms with Crippen molar-refractivity contribution in [2.75, 3.05) is 6.61 Å². The van der Waals surface area contributed by atoms with Gasteiger partial charge in [-0.05, 0) is 12.5 Å². The van der Waals surface area contributed by atoms with Crippen LogP contribution >= 0.6 is 15.9 Å². The molecule has 0 aliphatic carbocycles. The van der Waals surface area contributed by atoms with Crippen molar-refractivity contribution in [1.82, 2.24) is 0 Å². The molecule has 0 aliphatic heterocycles. The summed E-state index contributed by atoms with van der Waals surface area (Å²) < 4.78 is 30.3. The Kier molecular flexibility index (Phi) is 5.23. The highest BCUT2D eigenvalue weighted by Gasteiger charge is 2.23. The van der Waals surface area contributed by atoms with Crippen LogP contribution in [-0.2, 0) is 10.1 Å². The second-order valence-electron chi connectivity index (χ2n) is 3.33. The molecule has 0 spiro atoms. The van der Waals surface area contributed by atoms with Crippen LogP contribution in [0.1, 0.15) is 40.4 Å². The minimum atomic E-state index is -2.81. The first-order valence-electron chi connectivity index (χ1n) is 5.13. The molecule has 18 heavy (non-hydrogen) atoms. The van der Waals surface area contributed by atoms with Crippen LogP contribution in [0.4, 0.5) is 8.78 Å². The van der Waals surface area contributed by atoms with E-state index in [0.29, 0.717) is 5.56 Å². The van der Waals surface area contributed by atoms with Crippen LogP contribution in [0.5, 0.6) is 0 Å². The maximum Gasteiger partial charge on any atom is 0.339 e. The van der Waals surface area contributed by atoms with Gasteiger partial charge in [-0.15, -0.1) is 0 Å². The molecule has 0 N–H and O–H groups in total. The molecule has 0 amide bonds. The second-order valence-corrected chi connectivity index (χ2v) is 3.89. The zero-order valence-corrected chi connectivity index (χ0v) is 11.1. The zero-order chi connectivity index (χ0) is 13.7. The van der Waals surface area contributed by atoms with E-state index in [9.17, 15) is 13.6 Å². The molecule has 0 aromatic heterocycles.